The van der Waals surface area contributed by atoms with Crippen LogP contribution in [0.15, 0.2) is 36.7 Å². The van der Waals surface area contributed by atoms with Crippen molar-refractivity contribution in [2.75, 3.05) is 6.54 Å². The monoisotopic (exact) mass is 259 g/mol. The van der Waals surface area contributed by atoms with Crippen molar-refractivity contribution < 1.29 is 9.18 Å². The summed E-state index contributed by atoms with van der Waals surface area (Å²) >= 11 is 0. The van der Waals surface area contributed by atoms with Gasteiger partial charge in [0.25, 0.3) is 5.91 Å². The lowest BCUT2D eigenvalue weighted by molar-refractivity contribution is 0.0951. The Hall–Kier alpha value is -2.17. The largest absolute Gasteiger partial charge is 0.352 e. The van der Waals surface area contributed by atoms with Crippen molar-refractivity contribution in [3.8, 4) is 5.69 Å². The number of amides is 1. The van der Waals surface area contributed by atoms with Crippen LogP contribution in [0.4, 0.5) is 4.39 Å². The van der Waals surface area contributed by atoms with E-state index in [-0.39, 0.29) is 5.91 Å². The highest BCUT2D eigenvalue weighted by Crippen LogP contribution is 2.27. The fraction of sp³-hybridized carbons (Fsp3) is 0.286. The summed E-state index contributed by atoms with van der Waals surface area (Å²) in [4.78, 5) is 11.8. The minimum absolute atomic E-state index is 0.224. The molecule has 4 nitrogen and oxygen atoms in total. The molecular weight excluding hydrogens is 245 g/mol. The summed E-state index contributed by atoms with van der Waals surface area (Å²) in [5.74, 6) is -0.0715. The lowest BCUT2D eigenvalue weighted by Gasteiger charge is -2.07. The molecule has 0 bridgehead atoms. The van der Waals surface area contributed by atoms with Crippen LogP contribution in [0.1, 0.15) is 23.2 Å². The third kappa shape index (κ3) is 2.65. The van der Waals surface area contributed by atoms with Gasteiger partial charge in [-0.25, -0.2) is 9.07 Å². The zero-order valence-electron chi connectivity index (χ0n) is 10.3. The van der Waals surface area contributed by atoms with Crippen LogP contribution in [0.5, 0.6) is 0 Å². The van der Waals surface area contributed by atoms with Crippen LogP contribution < -0.4 is 5.32 Å². The highest BCUT2D eigenvalue weighted by atomic mass is 19.1. The molecule has 0 radical (unpaired) electrons. The molecule has 1 amide bonds. The SMILES string of the molecule is O=C(NCC1CC1)c1ccc(-n2cccn2)c(F)c1. The summed E-state index contributed by atoms with van der Waals surface area (Å²) in [6, 6.07) is 6.14. The van der Waals surface area contributed by atoms with Crippen LogP contribution in [0.25, 0.3) is 5.69 Å². The Morgan fingerprint density at radius 2 is 2.32 bits per heavy atom. The van der Waals surface area contributed by atoms with Gasteiger partial charge in [-0.3, -0.25) is 4.79 Å². The van der Waals surface area contributed by atoms with Gasteiger partial charge in [-0.05, 0) is 43.0 Å². The summed E-state index contributed by atoms with van der Waals surface area (Å²) in [5.41, 5.74) is 0.679. The molecule has 0 saturated heterocycles. The summed E-state index contributed by atoms with van der Waals surface area (Å²) in [6.07, 6.45) is 5.58. The maximum absolute atomic E-state index is 13.9. The molecule has 0 atom stereocenters. The number of aromatic nitrogens is 2. The van der Waals surface area contributed by atoms with E-state index in [1.54, 1.807) is 30.6 Å². The number of rotatable bonds is 4. The third-order valence-electron chi connectivity index (χ3n) is 3.21. The van der Waals surface area contributed by atoms with Crippen molar-refractivity contribution in [2.24, 2.45) is 5.92 Å². The van der Waals surface area contributed by atoms with Crippen molar-refractivity contribution >= 4 is 5.91 Å². The van der Waals surface area contributed by atoms with Crippen LogP contribution in [0, 0.1) is 11.7 Å². The van der Waals surface area contributed by atoms with E-state index in [1.165, 1.54) is 23.6 Å². The van der Waals surface area contributed by atoms with E-state index < -0.39 is 5.82 Å². The van der Waals surface area contributed by atoms with Crippen molar-refractivity contribution in [1.29, 1.82) is 0 Å². The first-order chi connectivity index (χ1) is 9.24. The second-order valence-electron chi connectivity index (χ2n) is 4.77. The average Bonchev–Trinajstić information content (AvgIpc) is 3.09. The van der Waals surface area contributed by atoms with Gasteiger partial charge in [0.05, 0.1) is 0 Å². The van der Waals surface area contributed by atoms with Gasteiger partial charge in [0.15, 0.2) is 0 Å². The quantitative estimate of drug-likeness (QED) is 0.914. The maximum atomic E-state index is 13.9. The molecule has 1 aromatic carbocycles. The van der Waals surface area contributed by atoms with E-state index in [2.05, 4.69) is 10.4 Å². The normalized spacial score (nSPS) is 14.4. The van der Waals surface area contributed by atoms with Crippen molar-refractivity contribution in [1.82, 2.24) is 15.1 Å². The molecule has 1 heterocycles. The van der Waals surface area contributed by atoms with Gasteiger partial charge in [-0.15, -0.1) is 0 Å². The molecule has 1 fully saturated rings. The fourth-order valence-electron chi connectivity index (χ4n) is 1.91. The number of halogens is 1. The zero-order valence-corrected chi connectivity index (χ0v) is 10.3. The van der Waals surface area contributed by atoms with Crippen LogP contribution in [-0.2, 0) is 0 Å². The van der Waals surface area contributed by atoms with E-state index in [1.807, 2.05) is 0 Å². The highest BCUT2D eigenvalue weighted by Gasteiger charge is 2.22. The van der Waals surface area contributed by atoms with Gasteiger partial charge in [-0.1, -0.05) is 0 Å². The summed E-state index contributed by atoms with van der Waals surface area (Å²) in [7, 11) is 0. The van der Waals surface area contributed by atoms with Crippen LogP contribution in [0.2, 0.25) is 0 Å². The number of carbonyl (C=O) groups is 1. The van der Waals surface area contributed by atoms with E-state index in [4.69, 9.17) is 0 Å². The summed E-state index contributed by atoms with van der Waals surface area (Å²) in [5, 5.41) is 6.78. The molecule has 0 aliphatic heterocycles. The first kappa shape index (κ1) is 11.9. The maximum Gasteiger partial charge on any atom is 0.251 e. The zero-order chi connectivity index (χ0) is 13.2. The second kappa shape index (κ2) is 4.84. The molecule has 0 spiro atoms. The molecule has 0 unspecified atom stereocenters. The number of carbonyl (C=O) groups excluding carboxylic acids is 1. The molecule has 19 heavy (non-hydrogen) atoms. The Bertz CT molecular complexity index is 591. The molecule has 1 aliphatic carbocycles. The molecule has 1 saturated carbocycles. The predicted molar refractivity (Wildman–Crippen MR) is 68.6 cm³/mol. The Morgan fingerprint density at radius 1 is 1.47 bits per heavy atom. The van der Waals surface area contributed by atoms with E-state index in [9.17, 15) is 9.18 Å². The van der Waals surface area contributed by atoms with Gasteiger partial charge >= 0.3 is 0 Å². The van der Waals surface area contributed by atoms with Gasteiger partial charge in [0.1, 0.15) is 11.5 Å². The van der Waals surface area contributed by atoms with Gasteiger partial charge in [0, 0.05) is 24.5 Å². The van der Waals surface area contributed by atoms with Crippen LogP contribution in [0.3, 0.4) is 0 Å². The molecule has 1 N–H and O–H groups in total. The number of hydrogen-bond donors (Lipinski definition) is 1. The molecule has 1 aromatic heterocycles. The second-order valence-corrected chi connectivity index (χ2v) is 4.77. The van der Waals surface area contributed by atoms with E-state index in [0.717, 1.165) is 0 Å². The first-order valence-corrected chi connectivity index (χ1v) is 6.32. The van der Waals surface area contributed by atoms with Gasteiger partial charge in [0.2, 0.25) is 0 Å². The predicted octanol–water partition coefficient (Wildman–Crippen LogP) is 2.15. The average molecular weight is 259 g/mol. The smallest absolute Gasteiger partial charge is 0.251 e. The number of nitrogens with one attached hydrogen (secondary N) is 1. The molecular formula is C14H14FN3O. The Kier molecular flexibility index (Phi) is 3.03. The standard InChI is InChI=1S/C14H14FN3O/c15-12-8-11(14(19)16-9-10-2-3-10)4-5-13(12)18-7-1-6-17-18/h1,4-8,10H,2-3,9H2,(H,16,19). The lowest BCUT2D eigenvalue weighted by atomic mass is 10.2. The summed E-state index contributed by atoms with van der Waals surface area (Å²) in [6.45, 7) is 0.682. The molecule has 98 valence electrons. The van der Waals surface area contributed by atoms with E-state index >= 15 is 0 Å². The lowest BCUT2D eigenvalue weighted by Crippen LogP contribution is -2.25. The molecule has 5 heteroatoms. The number of hydrogen-bond acceptors (Lipinski definition) is 2. The van der Waals surface area contributed by atoms with Crippen molar-refractivity contribution in [3.05, 3.63) is 48.0 Å². The topological polar surface area (TPSA) is 46.9 Å². The summed E-state index contributed by atoms with van der Waals surface area (Å²) < 4.78 is 15.4. The van der Waals surface area contributed by atoms with Gasteiger partial charge < -0.3 is 5.32 Å². The first-order valence-electron chi connectivity index (χ1n) is 6.32. The van der Waals surface area contributed by atoms with Gasteiger partial charge in [-0.2, -0.15) is 5.10 Å². The number of benzene rings is 1. The third-order valence-corrected chi connectivity index (χ3v) is 3.21. The minimum atomic E-state index is -0.456. The fourth-order valence-corrected chi connectivity index (χ4v) is 1.91. The van der Waals surface area contributed by atoms with Crippen molar-refractivity contribution in [2.45, 2.75) is 12.8 Å². The van der Waals surface area contributed by atoms with Crippen LogP contribution in [-0.4, -0.2) is 22.2 Å². The Labute approximate surface area is 110 Å². The Morgan fingerprint density at radius 3 is 2.95 bits per heavy atom. The van der Waals surface area contributed by atoms with Crippen molar-refractivity contribution in [3.63, 3.8) is 0 Å². The van der Waals surface area contributed by atoms with E-state index in [0.29, 0.717) is 23.7 Å². The Balaban J connectivity index is 1.76. The highest BCUT2D eigenvalue weighted by molar-refractivity contribution is 5.94. The number of nitrogens with zero attached hydrogens (tertiary/aromatic N) is 2. The minimum Gasteiger partial charge on any atom is -0.352 e. The molecule has 2 aromatic rings. The van der Waals surface area contributed by atoms with Crippen LogP contribution >= 0.6 is 0 Å². The molecule has 1 aliphatic rings. The molecule has 3 rings (SSSR count).